The summed E-state index contributed by atoms with van der Waals surface area (Å²) in [5.74, 6) is 0.270. The molecule has 0 unspecified atom stereocenters. The van der Waals surface area contributed by atoms with Crippen molar-refractivity contribution in [3.63, 3.8) is 0 Å². The Morgan fingerprint density at radius 3 is 2.50 bits per heavy atom. The lowest BCUT2D eigenvalue weighted by Crippen LogP contribution is -2.06. The van der Waals surface area contributed by atoms with Crippen LogP contribution in [0, 0.1) is 0 Å². The molecule has 3 nitrogen and oxygen atoms in total. The number of rotatable bonds is 4. The number of hydrogen-bond acceptors (Lipinski definition) is 2. The van der Waals surface area contributed by atoms with Crippen molar-refractivity contribution in [2.75, 3.05) is 5.32 Å². The molecule has 0 saturated carbocycles. The van der Waals surface area contributed by atoms with Gasteiger partial charge in [0.05, 0.1) is 15.7 Å². The molecule has 0 bridgehead atoms. The maximum absolute atomic E-state index is 11.1. The topological polar surface area (TPSA) is 38.3 Å². The van der Waals surface area contributed by atoms with E-state index in [1.807, 2.05) is 30.3 Å². The van der Waals surface area contributed by atoms with Gasteiger partial charge in [-0.25, -0.2) is 0 Å². The van der Waals surface area contributed by atoms with Crippen LogP contribution in [0.2, 0.25) is 10.0 Å². The third-order valence-corrected chi connectivity index (χ3v) is 3.18. The number of halogens is 2. The Hall–Kier alpha value is -1.71. The molecular formula is C15H13Cl2NO2. The molecule has 1 amide bonds. The van der Waals surface area contributed by atoms with Crippen molar-refractivity contribution < 1.29 is 9.53 Å². The molecule has 0 saturated heterocycles. The zero-order valence-corrected chi connectivity index (χ0v) is 12.3. The Morgan fingerprint density at radius 1 is 1.15 bits per heavy atom. The van der Waals surface area contributed by atoms with E-state index in [9.17, 15) is 4.79 Å². The van der Waals surface area contributed by atoms with Crippen LogP contribution in [0.25, 0.3) is 0 Å². The van der Waals surface area contributed by atoms with Crippen LogP contribution in [-0.2, 0) is 11.4 Å². The van der Waals surface area contributed by atoms with Gasteiger partial charge >= 0.3 is 0 Å². The summed E-state index contributed by atoms with van der Waals surface area (Å²) in [6.45, 7) is 1.80. The van der Waals surface area contributed by atoms with E-state index in [-0.39, 0.29) is 5.91 Å². The molecule has 0 aromatic heterocycles. The van der Waals surface area contributed by atoms with Gasteiger partial charge in [0.1, 0.15) is 12.4 Å². The molecule has 2 aromatic carbocycles. The summed E-state index contributed by atoms with van der Waals surface area (Å²) in [4.78, 5) is 11.1. The minimum atomic E-state index is -0.205. The van der Waals surface area contributed by atoms with Crippen molar-refractivity contribution in [1.82, 2.24) is 0 Å². The quantitative estimate of drug-likeness (QED) is 0.901. The van der Waals surface area contributed by atoms with E-state index in [0.29, 0.717) is 28.1 Å². The second-order valence-corrected chi connectivity index (χ2v) is 5.03. The van der Waals surface area contributed by atoms with Crippen molar-refractivity contribution in [3.05, 3.63) is 58.1 Å². The first-order valence-corrected chi connectivity index (χ1v) is 6.75. The lowest BCUT2D eigenvalue weighted by molar-refractivity contribution is -0.114. The molecule has 20 heavy (non-hydrogen) atoms. The predicted octanol–water partition coefficient (Wildman–Crippen LogP) is 4.53. The first-order valence-electron chi connectivity index (χ1n) is 5.99. The SMILES string of the molecule is CC(=O)Nc1cc(OCc2ccccc2)c(Cl)cc1Cl. The zero-order chi connectivity index (χ0) is 14.5. The van der Waals surface area contributed by atoms with Crippen LogP contribution < -0.4 is 10.1 Å². The molecule has 2 aromatic rings. The minimum absolute atomic E-state index is 0.205. The summed E-state index contributed by atoms with van der Waals surface area (Å²) in [7, 11) is 0. The fraction of sp³-hybridized carbons (Fsp3) is 0.133. The second-order valence-electron chi connectivity index (χ2n) is 4.22. The van der Waals surface area contributed by atoms with E-state index in [2.05, 4.69) is 5.32 Å². The molecule has 0 aliphatic carbocycles. The maximum Gasteiger partial charge on any atom is 0.221 e. The van der Waals surface area contributed by atoms with Crippen LogP contribution >= 0.6 is 23.2 Å². The number of benzene rings is 2. The Morgan fingerprint density at radius 2 is 1.85 bits per heavy atom. The van der Waals surface area contributed by atoms with Crippen molar-refractivity contribution in [2.24, 2.45) is 0 Å². The van der Waals surface area contributed by atoms with Gasteiger partial charge in [0, 0.05) is 13.0 Å². The number of nitrogens with one attached hydrogen (secondary N) is 1. The van der Waals surface area contributed by atoms with Gasteiger partial charge in [-0.15, -0.1) is 0 Å². The minimum Gasteiger partial charge on any atom is -0.487 e. The monoisotopic (exact) mass is 309 g/mol. The van der Waals surface area contributed by atoms with Crippen LogP contribution in [0.15, 0.2) is 42.5 Å². The molecule has 1 N–H and O–H groups in total. The van der Waals surface area contributed by atoms with E-state index in [1.54, 1.807) is 12.1 Å². The first kappa shape index (κ1) is 14.7. The predicted molar refractivity (Wildman–Crippen MR) is 81.5 cm³/mol. The van der Waals surface area contributed by atoms with Crippen LogP contribution in [0.4, 0.5) is 5.69 Å². The number of carbonyl (C=O) groups is 1. The summed E-state index contributed by atoms with van der Waals surface area (Å²) in [5.41, 5.74) is 1.51. The standard InChI is InChI=1S/C15H13Cl2NO2/c1-10(19)18-14-8-15(13(17)7-12(14)16)20-9-11-5-3-2-4-6-11/h2-8H,9H2,1H3,(H,18,19). The molecule has 0 atom stereocenters. The third-order valence-electron chi connectivity index (χ3n) is 2.57. The lowest BCUT2D eigenvalue weighted by atomic mass is 10.2. The summed E-state index contributed by atoms with van der Waals surface area (Å²) >= 11 is 12.1. The Balaban J connectivity index is 2.16. The van der Waals surface area contributed by atoms with Crippen molar-refractivity contribution in [1.29, 1.82) is 0 Å². The van der Waals surface area contributed by atoms with Gasteiger partial charge in [-0.1, -0.05) is 53.5 Å². The highest BCUT2D eigenvalue weighted by molar-refractivity contribution is 6.37. The number of hydrogen-bond donors (Lipinski definition) is 1. The van der Waals surface area contributed by atoms with Gasteiger partial charge in [-0.2, -0.15) is 0 Å². The van der Waals surface area contributed by atoms with Gasteiger partial charge in [0.15, 0.2) is 0 Å². The molecule has 5 heteroatoms. The van der Waals surface area contributed by atoms with Crippen LogP contribution in [-0.4, -0.2) is 5.91 Å². The normalized spacial score (nSPS) is 10.2. The molecule has 0 fully saturated rings. The largest absolute Gasteiger partial charge is 0.487 e. The fourth-order valence-corrected chi connectivity index (χ4v) is 2.15. The van der Waals surface area contributed by atoms with Crippen molar-refractivity contribution in [3.8, 4) is 5.75 Å². The van der Waals surface area contributed by atoms with Crippen molar-refractivity contribution >= 4 is 34.8 Å². The number of ether oxygens (including phenoxy) is 1. The van der Waals surface area contributed by atoms with Crippen LogP contribution in [0.3, 0.4) is 0 Å². The van der Waals surface area contributed by atoms with E-state index >= 15 is 0 Å². The lowest BCUT2D eigenvalue weighted by Gasteiger charge is -2.12. The van der Waals surface area contributed by atoms with Gasteiger partial charge in [0.25, 0.3) is 0 Å². The van der Waals surface area contributed by atoms with Crippen molar-refractivity contribution in [2.45, 2.75) is 13.5 Å². The van der Waals surface area contributed by atoms with Gasteiger partial charge in [0.2, 0.25) is 5.91 Å². The molecule has 0 heterocycles. The summed E-state index contributed by atoms with van der Waals surface area (Å²) in [6, 6.07) is 12.9. The summed E-state index contributed by atoms with van der Waals surface area (Å²) < 4.78 is 5.66. The fourth-order valence-electron chi connectivity index (χ4n) is 1.66. The zero-order valence-electron chi connectivity index (χ0n) is 10.8. The molecule has 2 rings (SSSR count). The molecule has 0 aliphatic rings. The average molecular weight is 310 g/mol. The Bertz CT molecular complexity index is 615. The third kappa shape index (κ3) is 3.89. The molecule has 0 aliphatic heterocycles. The summed E-state index contributed by atoms with van der Waals surface area (Å²) in [6.07, 6.45) is 0. The molecule has 0 spiro atoms. The Labute approximate surface area is 127 Å². The van der Waals surface area contributed by atoms with E-state index < -0.39 is 0 Å². The maximum atomic E-state index is 11.1. The van der Waals surface area contributed by atoms with E-state index in [1.165, 1.54) is 6.92 Å². The average Bonchev–Trinajstić information content (AvgIpc) is 2.41. The Kier molecular flexibility index (Phi) is 4.88. The van der Waals surface area contributed by atoms with Crippen LogP contribution in [0.1, 0.15) is 12.5 Å². The van der Waals surface area contributed by atoms with Gasteiger partial charge < -0.3 is 10.1 Å². The van der Waals surface area contributed by atoms with Gasteiger partial charge in [-0.3, -0.25) is 4.79 Å². The second kappa shape index (κ2) is 6.64. The van der Waals surface area contributed by atoms with E-state index in [0.717, 1.165) is 5.56 Å². The highest BCUT2D eigenvalue weighted by Crippen LogP contribution is 2.34. The number of anilines is 1. The summed E-state index contributed by atoms with van der Waals surface area (Å²) in [5, 5.41) is 3.40. The molecular weight excluding hydrogens is 297 g/mol. The molecule has 104 valence electrons. The smallest absolute Gasteiger partial charge is 0.221 e. The van der Waals surface area contributed by atoms with Crippen LogP contribution in [0.5, 0.6) is 5.75 Å². The molecule has 0 radical (unpaired) electrons. The number of carbonyl (C=O) groups excluding carboxylic acids is 1. The highest BCUT2D eigenvalue weighted by Gasteiger charge is 2.09. The van der Waals surface area contributed by atoms with Gasteiger partial charge in [-0.05, 0) is 11.6 Å². The highest BCUT2D eigenvalue weighted by atomic mass is 35.5. The number of amides is 1. The van der Waals surface area contributed by atoms with E-state index in [4.69, 9.17) is 27.9 Å². The first-order chi connectivity index (χ1) is 9.56.